The van der Waals surface area contributed by atoms with E-state index in [9.17, 15) is 9.59 Å². The van der Waals surface area contributed by atoms with Gasteiger partial charge >= 0.3 is 6.03 Å². The molecule has 3 N–H and O–H groups in total. The summed E-state index contributed by atoms with van der Waals surface area (Å²) in [6, 6.07) is 11.0. The molecule has 23 heavy (non-hydrogen) atoms. The van der Waals surface area contributed by atoms with E-state index in [4.69, 9.17) is 5.26 Å². The van der Waals surface area contributed by atoms with E-state index in [2.05, 4.69) is 28.1 Å². The van der Waals surface area contributed by atoms with E-state index in [0.29, 0.717) is 11.7 Å². The van der Waals surface area contributed by atoms with Crippen LogP contribution in [0.2, 0.25) is 0 Å². The monoisotopic (exact) mass is 332 g/mol. The molecule has 2 rings (SSSR count). The molecule has 0 radical (unpaired) electrons. The summed E-state index contributed by atoms with van der Waals surface area (Å²) >= 11 is 1.46. The molecule has 0 saturated heterocycles. The molecule has 0 spiro atoms. The van der Waals surface area contributed by atoms with Crippen molar-refractivity contribution in [2.24, 2.45) is 0 Å². The van der Waals surface area contributed by atoms with Crippen LogP contribution in [0.25, 0.3) is 0 Å². The molecule has 0 bridgehead atoms. The molecule has 0 aromatic heterocycles. The Bertz CT molecular complexity index is 587. The summed E-state index contributed by atoms with van der Waals surface area (Å²) in [5, 5.41) is 16.5. The highest BCUT2D eigenvalue weighted by Gasteiger charge is 2.39. The molecular weight excluding hydrogens is 312 g/mol. The number of amides is 3. The van der Waals surface area contributed by atoms with Gasteiger partial charge in [-0.15, -0.1) is 0 Å². The van der Waals surface area contributed by atoms with Gasteiger partial charge in [-0.2, -0.15) is 17.0 Å². The Labute approximate surface area is 140 Å². The largest absolute Gasteiger partial charge is 0.341 e. The highest BCUT2D eigenvalue weighted by atomic mass is 32.2. The lowest BCUT2D eigenvalue weighted by molar-refractivity contribution is -0.122. The molecule has 0 aliphatic heterocycles. The van der Waals surface area contributed by atoms with Gasteiger partial charge in [0.2, 0.25) is 5.91 Å². The fourth-order valence-corrected chi connectivity index (χ4v) is 2.96. The molecule has 6 nitrogen and oxygen atoms in total. The molecule has 122 valence electrons. The number of hydrogen-bond acceptors (Lipinski definition) is 4. The molecule has 1 aliphatic rings. The number of carbonyl (C=O) groups is 2. The molecule has 3 amide bonds. The fraction of sp³-hybridized carbons (Fsp3) is 0.438. The second-order valence-corrected chi connectivity index (χ2v) is 6.27. The van der Waals surface area contributed by atoms with Crippen molar-refractivity contribution in [1.82, 2.24) is 16.0 Å². The first-order chi connectivity index (χ1) is 11.2. The number of nitrogens with zero attached hydrogens (tertiary/aromatic N) is 1. The number of benzene rings is 1. The van der Waals surface area contributed by atoms with E-state index >= 15 is 0 Å². The van der Waals surface area contributed by atoms with Gasteiger partial charge in [0.1, 0.15) is 12.6 Å². The van der Waals surface area contributed by atoms with Crippen LogP contribution in [0.15, 0.2) is 30.3 Å². The van der Waals surface area contributed by atoms with Crippen LogP contribution in [-0.2, 0) is 4.79 Å². The molecule has 0 heterocycles. The zero-order chi connectivity index (χ0) is 16.7. The van der Waals surface area contributed by atoms with E-state index in [1.54, 1.807) is 0 Å². The van der Waals surface area contributed by atoms with Gasteiger partial charge in [0.15, 0.2) is 0 Å². The van der Waals surface area contributed by atoms with Crippen LogP contribution in [0.5, 0.6) is 0 Å². The average Bonchev–Trinajstić information content (AvgIpc) is 3.32. The van der Waals surface area contributed by atoms with Gasteiger partial charge in [-0.3, -0.25) is 4.79 Å². The second-order valence-electron chi connectivity index (χ2n) is 5.36. The number of thioether (sulfide) groups is 1. The normalized spacial score (nSPS) is 20.0. The maximum Gasteiger partial charge on any atom is 0.315 e. The van der Waals surface area contributed by atoms with Crippen molar-refractivity contribution in [1.29, 1.82) is 5.26 Å². The van der Waals surface area contributed by atoms with Crippen molar-refractivity contribution < 1.29 is 9.59 Å². The third-order valence-electron chi connectivity index (χ3n) is 3.63. The van der Waals surface area contributed by atoms with E-state index in [1.165, 1.54) is 17.3 Å². The summed E-state index contributed by atoms with van der Waals surface area (Å²) in [4.78, 5) is 24.0. The first-order valence-corrected chi connectivity index (χ1v) is 8.80. The topological polar surface area (TPSA) is 94.0 Å². The molecule has 1 aliphatic carbocycles. The molecular formula is C16H20N4O2S. The van der Waals surface area contributed by atoms with E-state index in [0.717, 1.165) is 6.42 Å². The zero-order valence-corrected chi connectivity index (χ0v) is 13.7. The molecule has 7 heteroatoms. The minimum absolute atomic E-state index is 0.0638. The van der Waals surface area contributed by atoms with Crippen LogP contribution in [0.1, 0.15) is 17.9 Å². The number of hydrogen-bond donors (Lipinski definition) is 3. The molecule has 1 fully saturated rings. The van der Waals surface area contributed by atoms with Gasteiger partial charge in [0.05, 0.1) is 6.07 Å². The van der Waals surface area contributed by atoms with Crippen LogP contribution >= 0.6 is 11.8 Å². The van der Waals surface area contributed by atoms with Gasteiger partial charge in [-0.25, -0.2) is 4.79 Å². The molecule has 3 atom stereocenters. The molecule has 3 unspecified atom stereocenters. The highest BCUT2D eigenvalue weighted by molar-refractivity contribution is 7.98. The molecule has 1 aromatic rings. The van der Waals surface area contributed by atoms with E-state index in [-0.39, 0.29) is 24.5 Å². The van der Waals surface area contributed by atoms with Gasteiger partial charge in [0, 0.05) is 17.7 Å². The third kappa shape index (κ3) is 5.18. The summed E-state index contributed by atoms with van der Waals surface area (Å²) < 4.78 is 0. The Morgan fingerprint density at radius 1 is 1.39 bits per heavy atom. The maximum atomic E-state index is 12.1. The maximum absolute atomic E-state index is 12.1. The van der Waals surface area contributed by atoms with Crippen molar-refractivity contribution in [2.45, 2.75) is 24.4 Å². The molecule has 1 aromatic carbocycles. The Balaban J connectivity index is 1.81. The molecule has 1 saturated carbocycles. The predicted octanol–water partition coefficient (Wildman–Crippen LogP) is 1.21. The minimum atomic E-state index is -0.646. The summed E-state index contributed by atoms with van der Waals surface area (Å²) in [5.74, 6) is 0.456. The van der Waals surface area contributed by atoms with E-state index < -0.39 is 6.04 Å². The average molecular weight is 332 g/mol. The first-order valence-electron chi connectivity index (χ1n) is 7.41. The SMILES string of the molecule is CSCC(NC(=O)NC1CC1c1ccccc1)C(=O)NCC#N. The fourth-order valence-electron chi connectivity index (χ4n) is 2.39. The summed E-state index contributed by atoms with van der Waals surface area (Å²) in [7, 11) is 0. The van der Waals surface area contributed by atoms with Gasteiger partial charge in [-0.1, -0.05) is 30.3 Å². The van der Waals surface area contributed by atoms with Crippen molar-refractivity contribution in [3.63, 3.8) is 0 Å². The lowest BCUT2D eigenvalue weighted by atomic mass is 10.1. The van der Waals surface area contributed by atoms with Crippen molar-refractivity contribution >= 4 is 23.7 Å². The third-order valence-corrected chi connectivity index (χ3v) is 4.30. The second kappa shape index (κ2) is 8.44. The summed E-state index contributed by atoms with van der Waals surface area (Å²) in [5.41, 5.74) is 1.21. The smallest absolute Gasteiger partial charge is 0.315 e. The number of nitriles is 1. The van der Waals surface area contributed by atoms with Crippen LogP contribution in [0, 0.1) is 11.3 Å². The van der Waals surface area contributed by atoms with Crippen LogP contribution < -0.4 is 16.0 Å². The predicted molar refractivity (Wildman–Crippen MR) is 90.0 cm³/mol. The first kappa shape index (κ1) is 17.2. The lowest BCUT2D eigenvalue weighted by Crippen LogP contribution is -2.51. The van der Waals surface area contributed by atoms with Gasteiger partial charge < -0.3 is 16.0 Å². The number of carbonyl (C=O) groups excluding carboxylic acids is 2. The highest BCUT2D eigenvalue weighted by Crippen LogP contribution is 2.40. The number of urea groups is 1. The van der Waals surface area contributed by atoms with Crippen LogP contribution in [-0.4, -0.2) is 42.6 Å². The van der Waals surface area contributed by atoms with Crippen LogP contribution in [0.4, 0.5) is 4.79 Å². The zero-order valence-electron chi connectivity index (χ0n) is 12.9. The van der Waals surface area contributed by atoms with Crippen LogP contribution in [0.3, 0.4) is 0 Å². The van der Waals surface area contributed by atoms with Crippen molar-refractivity contribution in [3.05, 3.63) is 35.9 Å². The minimum Gasteiger partial charge on any atom is -0.341 e. The number of rotatable bonds is 7. The van der Waals surface area contributed by atoms with E-state index in [1.807, 2.05) is 30.5 Å². The summed E-state index contributed by atoms with van der Waals surface area (Å²) in [6.45, 7) is -0.0638. The van der Waals surface area contributed by atoms with Crippen molar-refractivity contribution in [3.8, 4) is 6.07 Å². The van der Waals surface area contributed by atoms with Crippen molar-refractivity contribution in [2.75, 3.05) is 18.6 Å². The Kier molecular flexibility index (Phi) is 6.29. The number of nitrogens with one attached hydrogen (secondary N) is 3. The Morgan fingerprint density at radius 3 is 2.78 bits per heavy atom. The quantitative estimate of drug-likeness (QED) is 0.654. The standard InChI is InChI=1S/C16H20N4O2S/c1-23-10-14(15(21)18-8-7-17)20-16(22)19-13-9-12(13)11-5-3-2-4-6-11/h2-6,12-14H,8-10H2,1H3,(H,18,21)(H2,19,20,22). The Hall–Kier alpha value is -2.20. The Morgan fingerprint density at radius 2 is 2.13 bits per heavy atom. The summed E-state index contributed by atoms with van der Waals surface area (Å²) in [6.07, 6.45) is 2.77. The van der Waals surface area contributed by atoms with Gasteiger partial charge in [-0.05, 0) is 18.2 Å². The van der Waals surface area contributed by atoms with Gasteiger partial charge in [0.25, 0.3) is 0 Å². The lowest BCUT2D eigenvalue weighted by Gasteiger charge is -2.17.